The average molecular weight is 390 g/mol. The van der Waals surface area contributed by atoms with E-state index in [4.69, 9.17) is 0 Å². The van der Waals surface area contributed by atoms with Crippen LogP contribution in [0.4, 0.5) is 17.6 Å². The SMILES string of the molecule is O=C(CCc1c(-c2ccc(F)cc2)[nH]c2ccc(F)cc12)NC1CC(F)(F)C1. The largest absolute Gasteiger partial charge is 0.354 e. The fourth-order valence-electron chi connectivity index (χ4n) is 3.64. The quantitative estimate of drug-likeness (QED) is 0.595. The molecule has 3 nitrogen and oxygen atoms in total. The van der Waals surface area contributed by atoms with Gasteiger partial charge in [0.05, 0.1) is 0 Å². The lowest BCUT2D eigenvalue weighted by molar-refractivity contribution is -0.129. The predicted molar refractivity (Wildman–Crippen MR) is 98.1 cm³/mol. The molecule has 0 spiro atoms. The Kier molecular flexibility index (Phi) is 4.61. The number of nitrogens with one attached hydrogen (secondary N) is 2. The molecular formula is C21H18F4N2O. The summed E-state index contributed by atoms with van der Waals surface area (Å²) in [4.78, 5) is 15.4. The van der Waals surface area contributed by atoms with Crippen molar-refractivity contribution in [2.24, 2.45) is 0 Å². The molecule has 1 aliphatic rings. The predicted octanol–water partition coefficient (Wildman–Crippen LogP) is 4.96. The highest BCUT2D eigenvalue weighted by atomic mass is 19.3. The summed E-state index contributed by atoms with van der Waals surface area (Å²) in [7, 11) is 0. The van der Waals surface area contributed by atoms with Gasteiger partial charge in [0.25, 0.3) is 5.92 Å². The molecule has 1 heterocycles. The number of aromatic amines is 1. The van der Waals surface area contributed by atoms with E-state index in [-0.39, 0.29) is 31.0 Å². The van der Waals surface area contributed by atoms with E-state index in [1.807, 2.05) is 0 Å². The van der Waals surface area contributed by atoms with Crippen LogP contribution in [0.25, 0.3) is 22.2 Å². The van der Waals surface area contributed by atoms with Crippen LogP contribution in [0.1, 0.15) is 24.8 Å². The maximum Gasteiger partial charge on any atom is 0.252 e. The molecule has 2 N–H and O–H groups in total. The molecule has 2 aromatic carbocycles. The molecule has 4 rings (SSSR count). The molecule has 1 amide bonds. The van der Waals surface area contributed by atoms with Crippen molar-refractivity contribution >= 4 is 16.8 Å². The van der Waals surface area contributed by atoms with Gasteiger partial charge in [-0.1, -0.05) is 0 Å². The molecular weight excluding hydrogens is 372 g/mol. The van der Waals surface area contributed by atoms with Gasteiger partial charge in [-0.25, -0.2) is 17.6 Å². The first-order chi connectivity index (χ1) is 13.3. The summed E-state index contributed by atoms with van der Waals surface area (Å²) in [5.74, 6) is -3.79. The molecule has 0 saturated heterocycles. The third kappa shape index (κ3) is 3.74. The Balaban J connectivity index is 1.57. The third-order valence-corrected chi connectivity index (χ3v) is 5.06. The van der Waals surface area contributed by atoms with Gasteiger partial charge in [-0.3, -0.25) is 4.79 Å². The molecule has 146 valence electrons. The van der Waals surface area contributed by atoms with E-state index in [0.717, 1.165) is 5.56 Å². The topological polar surface area (TPSA) is 44.9 Å². The summed E-state index contributed by atoms with van der Waals surface area (Å²) in [6.45, 7) is 0. The number of H-pyrrole nitrogens is 1. The molecule has 0 radical (unpaired) electrons. The highest BCUT2D eigenvalue weighted by molar-refractivity contribution is 5.91. The Morgan fingerprint density at radius 2 is 1.75 bits per heavy atom. The summed E-state index contributed by atoms with van der Waals surface area (Å²) in [5.41, 5.74) is 2.83. The zero-order valence-electron chi connectivity index (χ0n) is 14.9. The van der Waals surface area contributed by atoms with Gasteiger partial charge in [-0.05, 0) is 60.0 Å². The summed E-state index contributed by atoms with van der Waals surface area (Å²) in [6, 6.07) is 9.70. The van der Waals surface area contributed by atoms with Crippen LogP contribution in [0.2, 0.25) is 0 Å². The number of alkyl halides is 2. The first-order valence-corrected chi connectivity index (χ1v) is 9.04. The normalized spacial score (nSPS) is 16.1. The number of halogens is 4. The number of benzene rings is 2. The lowest BCUT2D eigenvalue weighted by Gasteiger charge is -2.35. The summed E-state index contributed by atoms with van der Waals surface area (Å²) >= 11 is 0. The number of carbonyl (C=O) groups excluding carboxylic acids is 1. The van der Waals surface area contributed by atoms with Gasteiger partial charge in [0.1, 0.15) is 11.6 Å². The van der Waals surface area contributed by atoms with Gasteiger partial charge in [0.2, 0.25) is 5.91 Å². The van der Waals surface area contributed by atoms with Crippen LogP contribution in [0.3, 0.4) is 0 Å². The van der Waals surface area contributed by atoms with Crippen molar-refractivity contribution in [2.45, 2.75) is 37.6 Å². The van der Waals surface area contributed by atoms with E-state index in [2.05, 4.69) is 10.3 Å². The molecule has 7 heteroatoms. The van der Waals surface area contributed by atoms with E-state index in [1.54, 1.807) is 18.2 Å². The second-order valence-corrected chi connectivity index (χ2v) is 7.20. The highest BCUT2D eigenvalue weighted by Crippen LogP contribution is 2.37. The van der Waals surface area contributed by atoms with Crippen molar-refractivity contribution in [1.29, 1.82) is 0 Å². The van der Waals surface area contributed by atoms with Crippen molar-refractivity contribution in [3.63, 3.8) is 0 Å². The van der Waals surface area contributed by atoms with Crippen molar-refractivity contribution in [3.8, 4) is 11.3 Å². The number of fused-ring (bicyclic) bond motifs is 1. The zero-order valence-corrected chi connectivity index (χ0v) is 14.9. The number of amides is 1. The van der Waals surface area contributed by atoms with Crippen LogP contribution in [0.15, 0.2) is 42.5 Å². The van der Waals surface area contributed by atoms with E-state index in [1.165, 1.54) is 24.3 Å². The van der Waals surface area contributed by atoms with Crippen LogP contribution in [0.5, 0.6) is 0 Å². The van der Waals surface area contributed by atoms with Crippen LogP contribution < -0.4 is 5.32 Å². The first kappa shape index (κ1) is 18.5. The van der Waals surface area contributed by atoms with Gasteiger partial charge in [0, 0.05) is 41.9 Å². The van der Waals surface area contributed by atoms with Gasteiger partial charge in [0.15, 0.2) is 0 Å². The third-order valence-electron chi connectivity index (χ3n) is 5.06. The van der Waals surface area contributed by atoms with Crippen molar-refractivity contribution in [1.82, 2.24) is 10.3 Å². The van der Waals surface area contributed by atoms with Crippen molar-refractivity contribution in [3.05, 3.63) is 59.7 Å². The molecule has 1 aliphatic carbocycles. The molecule has 0 bridgehead atoms. The standard InChI is InChI=1S/C21H18F4N2O/c22-13-3-1-12(2-4-13)20-16(17-9-14(23)5-7-18(17)27-20)6-8-19(28)26-15-10-21(24,25)11-15/h1-5,7,9,15,27H,6,8,10-11H2,(H,26,28). The lowest BCUT2D eigenvalue weighted by Crippen LogP contribution is -2.50. The van der Waals surface area contributed by atoms with E-state index in [0.29, 0.717) is 28.6 Å². The average Bonchev–Trinajstić information content (AvgIpc) is 2.96. The molecule has 1 fully saturated rings. The lowest BCUT2D eigenvalue weighted by atomic mass is 9.88. The Bertz CT molecular complexity index is 1020. The van der Waals surface area contributed by atoms with Gasteiger partial charge in [-0.2, -0.15) is 0 Å². The van der Waals surface area contributed by atoms with Crippen molar-refractivity contribution in [2.75, 3.05) is 0 Å². The van der Waals surface area contributed by atoms with E-state index < -0.39 is 17.8 Å². The number of hydrogen-bond donors (Lipinski definition) is 2. The molecule has 1 aromatic heterocycles. The van der Waals surface area contributed by atoms with E-state index in [9.17, 15) is 22.4 Å². The summed E-state index contributed by atoms with van der Waals surface area (Å²) in [5, 5.41) is 3.25. The Morgan fingerprint density at radius 3 is 2.43 bits per heavy atom. The van der Waals surface area contributed by atoms with Crippen molar-refractivity contribution < 1.29 is 22.4 Å². The van der Waals surface area contributed by atoms with Crippen LogP contribution in [-0.4, -0.2) is 22.9 Å². The second kappa shape index (κ2) is 6.96. The Hall–Kier alpha value is -2.83. The monoisotopic (exact) mass is 390 g/mol. The molecule has 1 saturated carbocycles. The maximum absolute atomic E-state index is 13.8. The minimum Gasteiger partial charge on any atom is -0.354 e. The summed E-state index contributed by atoms with van der Waals surface area (Å²) < 4.78 is 52.9. The minimum atomic E-state index is -2.69. The highest BCUT2D eigenvalue weighted by Gasteiger charge is 2.45. The fraction of sp³-hybridized carbons (Fsp3) is 0.286. The number of rotatable bonds is 5. The number of aryl methyl sites for hydroxylation is 1. The van der Waals surface area contributed by atoms with Gasteiger partial charge < -0.3 is 10.3 Å². The Labute approximate surface area is 158 Å². The maximum atomic E-state index is 13.8. The van der Waals surface area contributed by atoms with Crippen LogP contribution >= 0.6 is 0 Å². The fourth-order valence-corrected chi connectivity index (χ4v) is 3.64. The molecule has 0 aliphatic heterocycles. The van der Waals surface area contributed by atoms with E-state index >= 15 is 0 Å². The number of hydrogen-bond acceptors (Lipinski definition) is 1. The second-order valence-electron chi connectivity index (χ2n) is 7.20. The first-order valence-electron chi connectivity index (χ1n) is 9.04. The van der Waals surface area contributed by atoms with Gasteiger partial charge in [-0.15, -0.1) is 0 Å². The zero-order chi connectivity index (χ0) is 19.9. The molecule has 28 heavy (non-hydrogen) atoms. The Morgan fingerprint density at radius 1 is 1.07 bits per heavy atom. The number of carbonyl (C=O) groups is 1. The van der Waals surface area contributed by atoms with Gasteiger partial charge >= 0.3 is 0 Å². The molecule has 3 aromatic rings. The summed E-state index contributed by atoms with van der Waals surface area (Å²) in [6.07, 6.45) is -0.291. The van der Waals surface area contributed by atoms with Crippen LogP contribution in [-0.2, 0) is 11.2 Å². The smallest absolute Gasteiger partial charge is 0.252 e. The van der Waals surface area contributed by atoms with Crippen LogP contribution in [0, 0.1) is 11.6 Å². The minimum absolute atomic E-state index is 0.0831. The molecule has 0 unspecified atom stereocenters. The number of aromatic nitrogens is 1. The molecule has 0 atom stereocenters.